The molecule has 0 radical (unpaired) electrons. The Balaban J connectivity index is 4.08. The molecule has 70 valence electrons. The fourth-order valence-corrected chi connectivity index (χ4v) is 0.920. The largest absolute Gasteiger partial charge is 0.338 e. The van der Waals surface area contributed by atoms with Crippen LogP contribution >= 0.6 is 0 Å². The van der Waals surface area contributed by atoms with Gasteiger partial charge in [-0.1, -0.05) is 6.08 Å². The van der Waals surface area contributed by atoms with Crippen LogP contribution in [0.4, 0.5) is 4.79 Å². The summed E-state index contributed by atoms with van der Waals surface area (Å²) in [6.07, 6.45) is 1.73. The molecule has 0 saturated heterocycles. The third-order valence-corrected chi connectivity index (χ3v) is 1.54. The molecule has 0 aromatic carbocycles. The van der Waals surface area contributed by atoms with Gasteiger partial charge in [0.1, 0.15) is 0 Å². The molecule has 0 saturated carbocycles. The fraction of sp³-hybridized carbons (Fsp3) is 0.667. The lowest BCUT2D eigenvalue weighted by atomic mass is 10.3. The second-order valence-corrected chi connectivity index (χ2v) is 2.87. The normalized spacial score (nSPS) is 9.67. The lowest BCUT2D eigenvalue weighted by Crippen LogP contribution is -2.43. The van der Waals surface area contributed by atoms with Crippen LogP contribution in [0.3, 0.4) is 0 Å². The zero-order valence-corrected chi connectivity index (χ0v) is 8.13. The second kappa shape index (κ2) is 5.63. The quantitative estimate of drug-likeness (QED) is 0.639. The van der Waals surface area contributed by atoms with E-state index in [0.717, 1.165) is 0 Å². The molecule has 0 heterocycles. The molecule has 1 N–H and O–H groups in total. The summed E-state index contributed by atoms with van der Waals surface area (Å²) in [6, 6.07) is 0.196. The molecule has 0 aliphatic carbocycles. The van der Waals surface area contributed by atoms with Crippen molar-refractivity contribution in [3.05, 3.63) is 12.7 Å². The molecule has 3 heteroatoms. The number of rotatable bonds is 4. The Morgan fingerprint density at radius 3 is 2.58 bits per heavy atom. The first-order chi connectivity index (χ1) is 5.63. The van der Waals surface area contributed by atoms with Crippen LogP contribution in [0.1, 0.15) is 20.8 Å². The van der Waals surface area contributed by atoms with Crippen molar-refractivity contribution >= 4 is 6.03 Å². The highest BCUT2D eigenvalue weighted by molar-refractivity contribution is 5.74. The summed E-state index contributed by atoms with van der Waals surface area (Å²) < 4.78 is 0. The molecule has 0 aromatic rings. The molecule has 0 spiro atoms. The number of carbonyl (C=O) groups excluding carboxylic acids is 1. The smallest absolute Gasteiger partial charge is 0.317 e. The third kappa shape index (κ3) is 3.42. The van der Waals surface area contributed by atoms with E-state index >= 15 is 0 Å². The van der Waals surface area contributed by atoms with Crippen molar-refractivity contribution in [3.63, 3.8) is 0 Å². The lowest BCUT2D eigenvalue weighted by molar-refractivity contribution is 0.191. The predicted molar refractivity (Wildman–Crippen MR) is 51.1 cm³/mol. The van der Waals surface area contributed by atoms with Gasteiger partial charge < -0.3 is 10.2 Å². The monoisotopic (exact) mass is 170 g/mol. The maximum atomic E-state index is 11.3. The first-order valence-electron chi connectivity index (χ1n) is 4.28. The number of amides is 2. The molecule has 2 amide bonds. The van der Waals surface area contributed by atoms with E-state index in [1.54, 1.807) is 11.0 Å². The second-order valence-electron chi connectivity index (χ2n) is 2.87. The van der Waals surface area contributed by atoms with E-state index in [9.17, 15) is 4.79 Å². The maximum absolute atomic E-state index is 11.3. The predicted octanol–water partition coefficient (Wildman–Crippen LogP) is 1.61. The summed E-state index contributed by atoms with van der Waals surface area (Å²) in [5.74, 6) is 0. The van der Waals surface area contributed by atoms with E-state index in [-0.39, 0.29) is 12.1 Å². The van der Waals surface area contributed by atoms with Gasteiger partial charge >= 0.3 is 6.03 Å². The van der Waals surface area contributed by atoms with Gasteiger partial charge in [-0.2, -0.15) is 0 Å². The average molecular weight is 170 g/mol. The molecule has 0 rings (SSSR count). The summed E-state index contributed by atoms with van der Waals surface area (Å²) in [4.78, 5) is 13.1. The van der Waals surface area contributed by atoms with E-state index in [2.05, 4.69) is 11.9 Å². The van der Waals surface area contributed by atoms with Crippen molar-refractivity contribution in [2.24, 2.45) is 0 Å². The fourth-order valence-electron chi connectivity index (χ4n) is 0.920. The van der Waals surface area contributed by atoms with Crippen LogP contribution < -0.4 is 5.32 Å². The standard InChI is InChI=1S/C9H18N2O/c1-5-7-11(8(3)4)9(12)10-6-2/h5,8H,1,6-7H2,2-4H3,(H,10,12). The topological polar surface area (TPSA) is 32.3 Å². The molecule has 0 bridgehead atoms. The van der Waals surface area contributed by atoms with Gasteiger partial charge in [0.2, 0.25) is 0 Å². The SMILES string of the molecule is C=CCN(C(=O)NCC)C(C)C. The van der Waals surface area contributed by atoms with Gasteiger partial charge in [0, 0.05) is 19.1 Å². The van der Waals surface area contributed by atoms with Crippen LogP contribution in [0, 0.1) is 0 Å². The van der Waals surface area contributed by atoms with Crippen molar-refractivity contribution in [3.8, 4) is 0 Å². The molecule has 0 aliphatic heterocycles. The number of hydrogen-bond acceptors (Lipinski definition) is 1. The Morgan fingerprint density at radius 2 is 2.25 bits per heavy atom. The Morgan fingerprint density at radius 1 is 1.67 bits per heavy atom. The van der Waals surface area contributed by atoms with Gasteiger partial charge in [0.15, 0.2) is 0 Å². The Hall–Kier alpha value is -0.990. The highest BCUT2D eigenvalue weighted by Gasteiger charge is 2.13. The molecule has 0 aromatic heterocycles. The summed E-state index contributed by atoms with van der Waals surface area (Å²) in [5.41, 5.74) is 0. The zero-order valence-electron chi connectivity index (χ0n) is 8.13. The van der Waals surface area contributed by atoms with Gasteiger partial charge in [-0.15, -0.1) is 6.58 Å². The summed E-state index contributed by atoms with van der Waals surface area (Å²) >= 11 is 0. The van der Waals surface area contributed by atoms with E-state index in [0.29, 0.717) is 13.1 Å². The van der Waals surface area contributed by atoms with Gasteiger partial charge in [-0.3, -0.25) is 0 Å². The Labute approximate surface area is 74.4 Å². The zero-order chi connectivity index (χ0) is 9.56. The number of hydrogen-bond donors (Lipinski definition) is 1. The van der Waals surface area contributed by atoms with Gasteiger partial charge in [-0.25, -0.2) is 4.79 Å². The maximum Gasteiger partial charge on any atom is 0.317 e. The van der Waals surface area contributed by atoms with Crippen LogP contribution in [0.5, 0.6) is 0 Å². The van der Waals surface area contributed by atoms with Gasteiger partial charge in [-0.05, 0) is 20.8 Å². The summed E-state index contributed by atoms with van der Waals surface area (Å²) in [5, 5.41) is 2.75. The highest BCUT2D eigenvalue weighted by atomic mass is 16.2. The van der Waals surface area contributed by atoms with Crippen molar-refractivity contribution in [1.82, 2.24) is 10.2 Å². The molecule has 0 atom stereocenters. The molecule has 12 heavy (non-hydrogen) atoms. The van der Waals surface area contributed by atoms with E-state index in [1.165, 1.54) is 0 Å². The van der Waals surface area contributed by atoms with Crippen molar-refractivity contribution in [2.75, 3.05) is 13.1 Å². The highest BCUT2D eigenvalue weighted by Crippen LogP contribution is 1.97. The van der Waals surface area contributed by atoms with E-state index < -0.39 is 0 Å². The molecular weight excluding hydrogens is 152 g/mol. The van der Waals surface area contributed by atoms with Gasteiger partial charge in [0.25, 0.3) is 0 Å². The van der Waals surface area contributed by atoms with Crippen molar-refractivity contribution < 1.29 is 4.79 Å². The molecular formula is C9H18N2O. The number of nitrogens with one attached hydrogen (secondary N) is 1. The minimum atomic E-state index is -0.0209. The molecule has 0 aliphatic rings. The molecule has 0 unspecified atom stereocenters. The van der Waals surface area contributed by atoms with Crippen LogP contribution in [0.15, 0.2) is 12.7 Å². The van der Waals surface area contributed by atoms with E-state index in [1.807, 2.05) is 20.8 Å². The number of urea groups is 1. The average Bonchev–Trinajstić information content (AvgIpc) is 1.99. The van der Waals surface area contributed by atoms with Crippen molar-refractivity contribution in [1.29, 1.82) is 0 Å². The minimum absolute atomic E-state index is 0.0209. The summed E-state index contributed by atoms with van der Waals surface area (Å²) in [7, 11) is 0. The Bertz CT molecular complexity index is 155. The van der Waals surface area contributed by atoms with Crippen LogP contribution in [-0.2, 0) is 0 Å². The number of carbonyl (C=O) groups is 1. The summed E-state index contributed by atoms with van der Waals surface area (Å²) in [6.45, 7) is 10.7. The van der Waals surface area contributed by atoms with Crippen LogP contribution in [0.2, 0.25) is 0 Å². The van der Waals surface area contributed by atoms with Crippen LogP contribution in [-0.4, -0.2) is 30.1 Å². The molecule has 0 fully saturated rings. The Kier molecular flexibility index (Phi) is 5.17. The minimum Gasteiger partial charge on any atom is -0.338 e. The first kappa shape index (κ1) is 11.0. The number of nitrogens with zero attached hydrogens (tertiary/aromatic N) is 1. The third-order valence-electron chi connectivity index (χ3n) is 1.54. The van der Waals surface area contributed by atoms with Gasteiger partial charge in [0.05, 0.1) is 0 Å². The van der Waals surface area contributed by atoms with Crippen LogP contribution in [0.25, 0.3) is 0 Å². The van der Waals surface area contributed by atoms with E-state index in [4.69, 9.17) is 0 Å². The lowest BCUT2D eigenvalue weighted by Gasteiger charge is -2.25. The molecule has 3 nitrogen and oxygen atoms in total. The first-order valence-corrected chi connectivity index (χ1v) is 4.28. The van der Waals surface area contributed by atoms with Crippen molar-refractivity contribution in [2.45, 2.75) is 26.8 Å².